The Morgan fingerprint density at radius 3 is 1.06 bits per heavy atom. The van der Waals surface area contributed by atoms with Crippen molar-refractivity contribution in [3.8, 4) is 102 Å². The van der Waals surface area contributed by atoms with Gasteiger partial charge in [0.15, 0.2) is 16.7 Å². The topological polar surface area (TPSA) is 139 Å². The van der Waals surface area contributed by atoms with Crippen LogP contribution in [0.2, 0.25) is 0 Å². The predicted octanol–water partition coefficient (Wildman–Crippen LogP) is 26.5. The number of aryl methyl sites for hydroxylation is 8. The van der Waals surface area contributed by atoms with Gasteiger partial charge in [-0.1, -0.05) is 191 Å². The summed E-state index contributed by atoms with van der Waals surface area (Å²) in [5.74, 6) is 0.310. The Balaban J connectivity index is 0.000000112. The van der Waals surface area contributed by atoms with Crippen LogP contribution in [0.25, 0.3) is 190 Å². The van der Waals surface area contributed by atoms with Gasteiger partial charge in [-0.3, -0.25) is 0 Å². The third-order valence-electron chi connectivity index (χ3n) is 25.1. The molecular formula is C112H89F7N12O4+4. The number of aromatic nitrogens is 12. The summed E-state index contributed by atoms with van der Waals surface area (Å²) in [5, 5.41) is 4.01. The smallest absolute Gasteiger partial charge is 0.298 e. The Hall–Kier alpha value is -16.4. The molecule has 16 nitrogen and oxygen atoms in total. The number of pyridine rings is 4. The minimum absolute atomic E-state index is 0.0659. The number of imidazole rings is 4. The zero-order valence-electron chi connectivity index (χ0n) is 75.7. The number of nitrogens with zero attached hydrogens (tertiary/aromatic N) is 12. The first-order valence-electron chi connectivity index (χ1n) is 44.2. The molecule has 0 bridgehead atoms. The quantitative estimate of drug-likeness (QED) is 0.0632. The van der Waals surface area contributed by atoms with Gasteiger partial charge in [0, 0.05) is 38.6 Å². The van der Waals surface area contributed by atoms with E-state index in [0.29, 0.717) is 83.5 Å². The zero-order chi connectivity index (χ0) is 93.6. The van der Waals surface area contributed by atoms with Gasteiger partial charge in [0.05, 0.1) is 66.1 Å². The molecule has 12 aromatic heterocycles. The van der Waals surface area contributed by atoms with Gasteiger partial charge >= 0.3 is 0 Å². The molecule has 0 saturated heterocycles. The average Bonchev–Trinajstić information content (AvgIpc) is 1.59. The highest BCUT2D eigenvalue weighted by molar-refractivity contribution is 6.12. The Morgan fingerprint density at radius 1 is 0.289 bits per heavy atom. The lowest BCUT2D eigenvalue weighted by atomic mass is 9.92. The monoisotopic (exact) mass is 1800 g/mol. The second kappa shape index (κ2) is 35.0. The van der Waals surface area contributed by atoms with Crippen molar-refractivity contribution in [2.75, 3.05) is 0 Å². The summed E-state index contributed by atoms with van der Waals surface area (Å²) in [4.78, 5) is 15.5. The minimum Gasteiger partial charge on any atom is -0.438 e. The molecule has 0 aliphatic carbocycles. The van der Waals surface area contributed by atoms with Crippen LogP contribution in [0.1, 0.15) is 72.9 Å². The number of fused-ring (bicyclic) bond motifs is 12. The molecule has 23 rings (SSSR count). The van der Waals surface area contributed by atoms with Crippen molar-refractivity contribution in [3.05, 3.63) is 385 Å². The van der Waals surface area contributed by atoms with Gasteiger partial charge in [-0.15, -0.1) is 0 Å². The number of benzene rings is 11. The summed E-state index contributed by atoms with van der Waals surface area (Å²) < 4.78 is 141. The maximum Gasteiger partial charge on any atom is 0.298 e. The van der Waals surface area contributed by atoms with E-state index < -0.39 is 41.2 Å². The van der Waals surface area contributed by atoms with Gasteiger partial charge in [-0.2, -0.15) is 55.8 Å². The van der Waals surface area contributed by atoms with Crippen LogP contribution in [0.4, 0.5) is 30.7 Å². The predicted molar refractivity (Wildman–Crippen MR) is 513 cm³/mol. The second-order valence-electron chi connectivity index (χ2n) is 34.4. The maximum absolute atomic E-state index is 15.4. The molecule has 11 aromatic carbocycles. The molecule has 0 aliphatic rings. The Kier molecular flexibility index (Phi) is 22.5. The normalized spacial score (nSPS) is 11.7. The van der Waals surface area contributed by atoms with Crippen LogP contribution in [-0.4, -0.2) is 38.2 Å². The number of hydrogen-bond acceptors (Lipinski definition) is 8. The van der Waals surface area contributed by atoms with Crippen LogP contribution < -0.4 is 18.3 Å². The zero-order valence-corrected chi connectivity index (χ0v) is 75.7. The molecule has 0 atom stereocenters. The van der Waals surface area contributed by atoms with E-state index in [1.165, 1.54) is 71.8 Å². The molecule has 0 aliphatic heterocycles. The number of rotatable bonds is 13. The molecule has 23 aromatic rings. The van der Waals surface area contributed by atoms with Crippen molar-refractivity contribution in [2.24, 2.45) is 28.2 Å². The molecule has 0 saturated carbocycles. The van der Waals surface area contributed by atoms with E-state index in [2.05, 4.69) is 181 Å². The van der Waals surface area contributed by atoms with E-state index in [1.54, 1.807) is 6.07 Å². The minimum atomic E-state index is -0.677. The summed E-state index contributed by atoms with van der Waals surface area (Å²) >= 11 is 0. The summed E-state index contributed by atoms with van der Waals surface area (Å²) in [6, 6.07) is 81.6. The van der Waals surface area contributed by atoms with Crippen LogP contribution >= 0.6 is 0 Å². The van der Waals surface area contributed by atoms with Crippen LogP contribution in [0, 0.1) is 68.9 Å². The lowest BCUT2D eigenvalue weighted by molar-refractivity contribution is -0.659. The van der Waals surface area contributed by atoms with E-state index in [4.69, 9.17) is 17.7 Å². The van der Waals surface area contributed by atoms with Gasteiger partial charge in [-0.25, -0.2) is 31.4 Å². The molecular weight excluding hydrogens is 1710 g/mol. The van der Waals surface area contributed by atoms with Crippen molar-refractivity contribution >= 4 is 88.3 Å². The van der Waals surface area contributed by atoms with E-state index in [-0.39, 0.29) is 22.5 Å². The molecule has 0 fully saturated rings. The largest absolute Gasteiger partial charge is 0.438 e. The molecule has 0 radical (unpaired) electrons. The van der Waals surface area contributed by atoms with E-state index >= 15 is 13.2 Å². The first-order valence-corrected chi connectivity index (χ1v) is 44.2. The first-order chi connectivity index (χ1) is 65.3. The summed E-state index contributed by atoms with van der Waals surface area (Å²) in [5.41, 5.74) is 21.8. The van der Waals surface area contributed by atoms with Crippen molar-refractivity contribution < 1.29 is 66.7 Å². The third-order valence-corrected chi connectivity index (χ3v) is 25.1. The van der Waals surface area contributed by atoms with Gasteiger partial charge in [0.1, 0.15) is 112 Å². The SMILES string of the molecule is Cc1cc(F)c2c(oc3nc(F)ccc32)c1-c1n(-c2c(-c3ccccc3)cccc2-c2ccccc2)cc[n+]1C.Cc1cc(F)c2c(oc3nc(F)ccc32)c1-c1n(-c2c(C(C)C)cccc2C(C)C)cc[n+]1C.Cc1cc(F)c2c(oc3nc(F)ccc32)c1-c1n(-c2ccccc2-c2ccccc2)cc[n+]1C.Cc1cc2c(cc1-c1n(-c3ccccc3)cc[n+]1C)oc1nc(F)ccc12. The maximum atomic E-state index is 15.4. The molecule has 0 amide bonds. The number of halogens is 7. The first kappa shape index (κ1) is 86.6. The van der Waals surface area contributed by atoms with Crippen molar-refractivity contribution in [3.63, 3.8) is 0 Å². The second-order valence-corrected chi connectivity index (χ2v) is 34.4. The number of hydrogen-bond donors (Lipinski definition) is 0. The standard InChI is InChI=1S/C34H24F2N3O.C28H20F2N3O.C28H28F2N3O.C22H17FN3O/c1-21-20-27(35)30-26-16-17-28(36)37-33(26)40-32(30)29(21)34-38(2)18-19-39(34)31-24(22-10-5-3-6-11-22)14-9-15-25(31)23-12-7-4-8-13-23;1-17-16-21(29)25-20-12-13-23(30)31-27(20)34-26(25)24(17)28-32(2)14-15-33(28)22-11-7-6-10-19(22)18-8-4-3-5-9-18;1-15(2)18-8-7-9-19(16(3)4)25(18)33-13-12-32(6)28(33)23-17(5)14-21(29)24-20-10-11-22(30)31-27(20)34-26(23)24;1-14-12-18-16-8-9-20(23)24-21(16)27-19(18)13-17(14)22-25(2)10-11-26(22)15-6-4-3-5-7-15/h3-20H,1-2H3;3-16H,1-2H3;7-16H,1-6H3;3-13H,1-2H3/q4*+1. The fraction of sp³-hybridized carbons (Fsp3) is 0.125. The van der Waals surface area contributed by atoms with Crippen LogP contribution in [-0.2, 0) is 28.2 Å². The highest BCUT2D eigenvalue weighted by Gasteiger charge is 2.36. The summed E-state index contributed by atoms with van der Waals surface area (Å²) in [6.07, 6.45) is 16.0. The third kappa shape index (κ3) is 15.5. The Morgan fingerprint density at radius 2 is 0.630 bits per heavy atom. The van der Waals surface area contributed by atoms with E-state index in [0.717, 1.165) is 118 Å². The van der Waals surface area contributed by atoms with E-state index in [1.807, 2.05) is 203 Å². The van der Waals surface area contributed by atoms with Crippen LogP contribution in [0.15, 0.2) is 328 Å². The summed E-state index contributed by atoms with van der Waals surface area (Å²) in [7, 11) is 7.88. The lowest BCUT2D eigenvalue weighted by Crippen LogP contribution is -2.29. The fourth-order valence-electron chi connectivity index (χ4n) is 18.8. The molecule has 0 spiro atoms. The van der Waals surface area contributed by atoms with Crippen LogP contribution in [0.3, 0.4) is 0 Å². The van der Waals surface area contributed by atoms with Gasteiger partial charge < -0.3 is 17.7 Å². The highest BCUT2D eigenvalue weighted by atomic mass is 19.2. The van der Waals surface area contributed by atoms with Crippen molar-refractivity contribution in [1.29, 1.82) is 0 Å². The highest BCUT2D eigenvalue weighted by Crippen LogP contribution is 2.47. The average molecular weight is 1800 g/mol. The van der Waals surface area contributed by atoms with Crippen molar-refractivity contribution in [2.45, 2.75) is 67.2 Å². The molecule has 666 valence electrons. The number of para-hydroxylation sites is 4. The lowest BCUT2D eigenvalue weighted by Gasteiger charge is -2.18. The van der Waals surface area contributed by atoms with E-state index in [9.17, 15) is 17.6 Å². The molecule has 0 N–H and O–H groups in total. The van der Waals surface area contributed by atoms with Gasteiger partial charge in [0.25, 0.3) is 23.3 Å². The number of furan rings is 4. The molecule has 0 unspecified atom stereocenters. The Bertz CT molecular complexity index is 8500. The van der Waals surface area contributed by atoms with Crippen molar-refractivity contribution in [1.82, 2.24) is 38.2 Å². The molecule has 23 heteroatoms. The van der Waals surface area contributed by atoms with Gasteiger partial charge in [-0.05, 0) is 176 Å². The van der Waals surface area contributed by atoms with Crippen LogP contribution in [0.5, 0.6) is 0 Å². The fourth-order valence-corrected chi connectivity index (χ4v) is 18.8. The molecule has 12 heterocycles. The molecule has 135 heavy (non-hydrogen) atoms. The summed E-state index contributed by atoms with van der Waals surface area (Å²) in [6.45, 7) is 16.4. The van der Waals surface area contributed by atoms with Gasteiger partial charge in [0.2, 0.25) is 46.6 Å². The Labute approximate surface area is 770 Å².